The van der Waals surface area contributed by atoms with Crippen LogP contribution in [0.4, 0.5) is 0 Å². The summed E-state index contributed by atoms with van der Waals surface area (Å²) < 4.78 is 7.05. The number of nitrogens with one attached hydrogen (secondary N) is 1. The van der Waals surface area contributed by atoms with E-state index in [1.165, 1.54) is 11.3 Å². The molecule has 0 saturated heterocycles. The number of hydrogen-bond donors (Lipinski definition) is 1. The summed E-state index contributed by atoms with van der Waals surface area (Å²) in [5.74, 6) is 0.749. The first kappa shape index (κ1) is 27.2. The highest BCUT2D eigenvalue weighted by molar-refractivity contribution is 7.21. The molecule has 7 heteroatoms. The average Bonchev–Trinajstić information content (AvgIpc) is 3.33. The van der Waals surface area contributed by atoms with Gasteiger partial charge >= 0.3 is 0 Å². The molecule has 200 valence electrons. The first-order valence-corrected chi connectivity index (χ1v) is 14.6. The predicted molar refractivity (Wildman–Crippen MR) is 160 cm³/mol. The normalized spacial score (nSPS) is 17.1. The second-order valence-corrected chi connectivity index (χ2v) is 11.3. The number of amides is 1. The van der Waals surface area contributed by atoms with Crippen molar-refractivity contribution in [3.05, 3.63) is 87.8 Å². The third kappa shape index (κ3) is 5.81. The van der Waals surface area contributed by atoms with E-state index in [0.29, 0.717) is 34.7 Å². The van der Waals surface area contributed by atoms with Gasteiger partial charge in [0, 0.05) is 34.3 Å². The molecule has 4 aromatic rings. The molecule has 0 bridgehead atoms. The number of rotatable bonds is 8. The van der Waals surface area contributed by atoms with Crippen molar-refractivity contribution in [3.8, 4) is 22.9 Å². The molecule has 3 aromatic carbocycles. The van der Waals surface area contributed by atoms with E-state index in [9.17, 15) is 10.1 Å². The van der Waals surface area contributed by atoms with Gasteiger partial charge in [0.25, 0.3) is 5.91 Å². The van der Waals surface area contributed by atoms with Crippen LogP contribution in [-0.2, 0) is 6.54 Å². The third-order valence-electron chi connectivity index (χ3n) is 7.58. The number of halogens is 1. The minimum Gasteiger partial charge on any atom is -0.494 e. The molecule has 1 saturated carbocycles. The van der Waals surface area contributed by atoms with Crippen LogP contribution in [0.25, 0.3) is 21.2 Å². The van der Waals surface area contributed by atoms with E-state index in [0.717, 1.165) is 58.2 Å². The Morgan fingerprint density at radius 1 is 1.08 bits per heavy atom. The third-order valence-corrected chi connectivity index (χ3v) is 9.25. The van der Waals surface area contributed by atoms with Crippen LogP contribution in [0, 0.1) is 11.3 Å². The fraction of sp³-hybridized carbons (Fsp3) is 0.312. The summed E-state index contributed by atoms with van der Waals surface area (Å²) in [4.78, 5) is 16.9. The lowest BCUT2D eigenvalue weighted by molar-refractivity contribution is 0.0604. The number of carbonyl (C=O) groups is 1. The standard InChI is InChI=1S/C32H32ClN3O2S/c1-3-38-28-17-12-23(22-10-8-21(19-34)9-11-22)18-24(28)20-36(26-15-13-25(35-2)14-16-26)32(37)31-30(33)27-6-4-5-7-29(27)39-31/h4-12,17-18,25-26,35H,3,13-16,20H2,1-2H3. The van der Waals surface area contributed by atoms with Gasteiger partial charge < -0.3 is 15.0 Å². The van der Waals surface area contributed by atoms with E-state index in [2.05, 4.69) is 17.5 Å². The number of fused-ring (bicyclic) bond motifs is 1. The SMILES string of the molecule is CCOc1ccc(-c2ccc(C#N)cc2)cc1CN(C(=O)c1sc2ccccc2c1Cl)C1CCC(NC)CC1. The number of nitriles is 1. The molecule has 1 aromatic heterocycles. The molecule has 0 unspecified atom stereocenters. The fourth-order valence-corrected chi connectivity index (χ4v) is 6.89. The highest BCUT2D eigenvalue weighted by Crippen LogP contribution is 2.38. The van der Waals surface area contributed by atoms with Crippen LogP contribution in [0.5, 0.6) is 5.75 Å². The number of carbonyl (C=O) groups excluding carboxylic acids is 1. The molecular weight excluding hydrogens is 526 g/mol. The molecule has 1 aliphatic rings. The van der Waals surface area contributed by atoms with Crippen LogP contribution in [-0.4, -0.2) is 36.5 Å². The summed E-state index contributed by atoms with van der Waals surface area (Å²) in [5, 5.41) is 14.0. The van der Waals surface area contributed by atoms with E-state index >= 15 is 0 Å². The molecule has 1 amide bonds. The first-order valence-electron chi connectivity index (χ1n) is 13.4. The highest BCUT2D eigenvalue weighted by atomic mass is 35.5. The number of ether oxygens (including phenoxy) is 1. The van der Waals surface area contributed by atoms with Gasteiger partial charge in [-0.15, -0.1) is 11.3 Å². The van der Waals surface area contributed by atoms with E-state index in [1.54, 1.807) is 0 Å². The van der Waals surface area contributed by atoms with Gasteiger partial charge in [0.2, 0.25) is 0 Å². The van der Waals surface area contributed by atoms with Gasteiger partial charge in [0.15, 0.2) is 0 Å². The quantitative estimate of drug-likeness (QED) is 0.241. The van der Waals surface area contributed by atoms with Gasteiger partial charge in [-0.2, -0.15) is 5.26 Å². The van der Waals surface area contributed by atoms with Crippen LogP contribution < -0.4 is 10.1 Å². The van der Waals surface area contributed by atoms with Crippen molar-refractivity contribution in [1.82, 2.24) is 10.2 Å². The Kier molecular flexibility index (Phi) is 8.52. The zero-order valence-corrected chi connectivity index (χ0v) is 23.8. The molecule has 0 aliphatic heterocycles. The Morgan fingerprint density at radius 2 is 1.79 bits per heavy atom. The maximum absolute atomic E-state index is 14.2. The number of nitrogens with zero attached hydrogens (tertiary/aromatic N) is 2. The monoisotopic (exact) mass is 557 g/mol. The zero-order valence-electron chi connectivity index (χ0n) is 22.2. The molecule has 0 atom stereocenters. The van der Waals surface area contributed by atoms with Crippen LogP contribution in [0.1, 0.15) is 53.4 Å². The van der Waals surface area contributed by atoms with Crippen LogP contribution in [0.3, 0.4) is 0 Å². The van der Waals surface area contributed by atoms with Gasteiger partial charge in [0.05, 0.1) is 23.3 Å². The Bertz CT molecular complexity index is 1500. The molecule has 0 radical (unpaired) electrons. The van der Waals surface area contributed by atoms with Crippen molar-refractivity contribution >= 4 is 38.9 Å². The van der Waals surface area contributed by atoms with E-state index in [1.807, 2.05) is 79.5 Å². The fourth-order valence-electron chi connectivity index (χ4n) is 5.42. The Hall–Kier alpha value is -3.37. The van der Waals surface area contributed by atoms with Gasteiger partial charge in [0.1, 0.15) is 10.6 Å². The summed E-state index contributed by atoms with van der Waals surface area (Å²) in [6.45, 7) is 2.93. The van der Waals surface area contributed by atoms with Crippen LogP contribution >= 0.6 is 22.9 Å². The molecule has 1 heterocycles. The lowest BCUT2D eigenvalue weighted by atomic mass is 9.89. The van der Waals surface area contributed by atoms with Crippen molar-refractivity contribution < 1.29 is 9.53 Å². The van der Waals surface area contributed by atoms with E-state index in [4.69, 9.17) is 16.3 Å². The first-order chi connectivity index (χ1) is 19.0. The van der Waals surface area contributed by atoms with Crippen molar-refractivity contribution in [1.29, 1.82) is 5.26 Å². The van der Waals surface area contributed by atoms with E-state index in [-0.39, 0.29) is 11.9 Å². The minimum atomic E-state index is -0.0275. The Morgan fingerprint density at radius 3 is 2.46 bits per heavy atom. The highest BCUT2D eigenvalue weighted by Gasteiger charge is 2.32. The number of hydrogen-bond acceptors (Lipinski definition) is 5. The summed E-state index contributed by atoms with van der Waals surface area (Å²) in [6.07, 6.45) is 3.90. The summed E-state index contributed by atoms with van der Waals surface area (Å²) in [5.41, 5.74) is 3.61. The van der Waals surface area contributed by atoms with Crippen molar-refractivity contribution in [3.63, 3.8) is 0 Å². The molecule has 1 aliphatic carbocycles. The lowest BCUT2D eigenvalue weighted by Crippen LogP contribution is -2.44. The minimum absolute atomic E-state index is 0.0275. The molecule has 5 nitrogen and oxygen atoms in total. The van der Waals surface area contributed by atoms with Gasteiger partial charge in [-0.1, -0.05) is 48.0 Å². The summed E-state index contributed by atoms with van der Waals surface area (Å²) in [7, 11) is 2.01. The molecular formula is C32H32ClN3O2S. The number of thiophene rings is 1. The number of benzene rings is 3. The summed E-state index contributed by atoms with van der Waals surface area (Å²) >= 11 is 8.26. The van der Waals surface area contributed by atoms with Crippen LogP contribution in [0.2, 0.25) is 5.02 Å². The largest absolute Gasteiger partial charge is 0.494 e. The maximum atomic E-state index is 14.2. The molecule has 39 heavy (non-hydrogen) atoms. The molecule has 5 rings (SSSR count). The topological polar surface area (TPSA) is 65.4 Å². The molecule has 1 N–H and O–H groups in total. The van der Waals surface area contributed by atoms with Crippen molar-refractivity contribution in [2.75, 3.05) is 13.7 Å². The molecule has 1 fully saturated rings. The zero-order chi connectivity index (χ0) is 27.4. The van der Waals surface area contributed by atoms with Crippen molar-refractivity contribution in [2.24, 2.45) is 0 Å². The Labute approximate surface area is 239 Å². The van der Waals surface area contributed by atoms with Gasteiger partial charge in [-0.25, -0.2) is 0 Å². The average molecular weight is 558 g/mol. The Balaban J connectivity index is 1.53. The van der Waals surface area contributed by atoms with Gasteiger partial charge in [-0.3, -0.25) is 4.79 Å². The van der Waals surface area contributed by atoms with Crippen LogP contribution in [0.15, 0.2) is 66.7 Å². The van der Waals surface area contributed by atoms with E-state index < -0.39 is 0 Å². The van der Waals surface area contributed by atoms with Gasteiger partial charge in [-0.05, 0) is 81.1 Å². The maximum Gasteiger partial charge on any atom is 0.266 e. The second-order valence-electron chi connectivity index (χ2n) is 9.91. The second kappa shape index (κ2) is 12.2. The molecule has 0 spiro atoms. The lowest BCUT2D eigenvalue weighted by Gasteiger charge is -2.37. The summed E-state index contributed by atoms with van der Waals surface area (Å²) in [6, 6.07) is 24.4. The predicted octanol–water partition coefficient (Wildman–Crippen LogP) is 7.67. The smallest absolute Gasteiger partial charge is 0.266 e. The van der Waals surface area contributed by atoms with Crippen molar-refractivity contribution in [2.45, 2.75) is 51.2 Å².